The van der Waals surface area contributed by atoms with E-state index in [1.165, 1.54) is 92.8 Å². The zero-order valence-corrected chi connectivity index (χ0v) is 16.1. The van der Waals surface area contributed by atoms with Crippen LogP contribution < -0.4 is 4.57 Å². The smallest absolute Gasteiger partial charge is 0.198 e. The summed E-state index contributed by atoms with van der Waals surface area (Å²) in [4.78, 5) is 0. The van der Waals surface area contributed by atoms with Crippen molar-refractivity contribution in [2.24, 2.45) is 7.05 Å². The van der Waals surface area contributed by atoms with Crippen molar-refractivity contribution in [3.8, 4) is 0 Å². The van der Waals surface area contributed by atoms with Crippen LogP contribution in [0, 0.1) is 6.92 Å². The highest BCUT2D eigenvalue weighted by atomic mass is 14.9. The Hall–Kier alpha value is -1.37. The van der Waals surface area contributed by atoms with Crippen molar-refractivity contribution < 1.29 is 4.57 Å². The zero-order chi connectivity index (χ0) is 17.2. The van der Waals surface area contributed by atoms with Gasteiger partial charge in [-0.25, -0.2) is 0 Å². The number of rotatable bonds is 11. The van der Waals surface area contributed by atoms with E-state index in [9.17, 15) is 0 Å². The first-order valence-electron chi connectivity index (χ1n) is 10.1. The molecule has 132 valence electrons. The maximum Gasteiger partial charge on any atom is 0.212 e. The fourth-order valence-corrected chi connectivity index (χ4v) is 3.79. The Morgan fingerprint density at radius 2 is 1.38 bits per heavy atom. The van der Waals surface area contributed by atoms with E-state index in [0.717, 1.165) is 0 Å². The molecule has 0 N–H and O–H groups in total. The highest BCUT2D eigenvalue weighted by Crippen LogP contribution is 2.17. The van der Waals surface area contributed by atoms with E-state index in [4.69, 9.17) is 0 Å². The molecule has 0 fully saturated rings. The summed E-state index contributed by atoms with van der Waals surface area (Å²) in [7, 11) is 2.22. The molecule has 0 amide bonds. The van der Waals surface area contributed by atoms with E-state index in [1.54, 1.807) is 0 Å². The van der Waals surface area contributed by atoms with Crippen molar-refractivity contribution in [3.63, 3.8) is 0 Å². The highest BCUT2D eigenvalue weighted by molar-refractivity contribution is 5.76. The van der Waals surface area contributed by atoms with Gasteiger partial charge in [-0.1, -0.05) is 76.8 Å². The van der Waals surface area contributed by atoms with Crippen LogP contribution in [0.5, 0.6) is 0 Å². The first-order valence-corrected chi connectivity index (χ1v) is 10.1. The summed E-state index contributed by atoms with van der Waals surface area (Å²) in [5.74, 6) is 0. The van der Waals surface area contributed by atoms with Crippen LogP contribution in [-0.4, -0.2) is 0 Å². The summed E-state index contributed by atoms with van der Waals surface area (Å²) in [5.41, 5.74) is 4.30. The summed E-state index contributed by atoms with van der Waals surface area (Å²) >= 11 is 0. The van der Waals surface area contributed by atoms with Gasteiger partial charge >= 0.3 is 0 Å². The van der Waals surface area contributed by atoms with Crippen LogP contribution in [-0.2, 0) is 13.5 Å². The van der Waals surface area contributed by atoms with Crippen LogP contribution >= 0.6 is 0 Å². The predicted octanol–water partition coefficient (Wildman–Crippen LogP) is 6.44. The van der Waals surface area contributed by atoms with Crippen LogP contribution in [0.3, 0.4) is 0 Å². The van der Waals surface area contributed by atoms with Crippen LogP contribution in [0.25, 0.3) is 10.9 Å². The molecule has 0 saturated heterocycles. The van der Waals surface area contributed by atoms with Crippen LogP contribution in [0.2, 0.25) is 0 Å². The van der Waals surface area contributed by atoms with Gasteiger partial charge < -0.3 is 0 Å². The van der Waals surface area contributed by atoms with Gasteiger partial charge in [0, 0.05) is 23.4 Å². The summed E-state index contributed by atoms with van der Waals surface area (Å²) < 4.78 is 2.40. The lowest BCUT2D eigenvalue weighted by Gasteiger charge is -2.07. The molecule has 1 heteroatoms. The van der Waals surface area contributed by atoms with Gasteiger partial charge in [0.25, 0.3) is 0 Å². The Bertz CT molecular complexity index is 615. The molecule has 0 aliphatic carbocycles. The molecule has 2 rings (SSSR count). The second-order valence-corrected chi connectivity index (χ2v) is 7.32. The molecule has 0 bridgehead atoms. The van der Waals surface area contributed by atoms with Crippen molar-refractivity contribution in [1.29, 1.82) is 0 Å². The summed E-state index contributed by atoms with van der Waals surface area (Å²) in [6.07, 6.45) is 15.3. The number of benzene rings is 1. The molecule has 1 aromatic carbocycles. The molecule has 0 aliphatic heterocycles. The molecular formula is C23H36N+. The third-order valence-corrected chi connectivity index (χ3v) is 5.30. The van der Waals surface area contributed by atoms with Gasteiger partial charge in [-0.05, 0) is 25.5 Å². The Kier molecular flexibility index (Phi) is 8.28. The number of unbranched alkanes of at least 4 members (excludes halogenated alkanes) is 9. The Morgan fingerprint density at radius 1 is 0.792 bits per heavy atom. The minimum atomic E-state index is 1.21. The lowest BCUT2D eigenvalue weighted by Crippen LogP contribution is -2.35. The van der Waals surface area contributed by atoms with Crippen LogP contribution in [0.4, 0.5) is 0 Å². The van der Waals surface area contributed by atoms with Gasteiger partial charge in [0.15, 0.2) is 5.69 Å². The molecule has 0 spiro atoms. The second kappa shape index (κ2) is 10.5. The second-order valence-electron chi connectivity index (χ2n) is 7.32. The monoisotopic (exact) mass is 326 g/mol. The highest BCUT2D eigenvalue weighted by Gasteiger charge is 2.14. The Labute approximate surface area is 149 Å². The number of nitrogens with zero attached hydrogens (tertiary/aromatic N) is 1. The summed E-state index contributed by atoms with van der Waals surface area (Å²) in [5, 5.41) is 1.35. The van der Waals surface area contributed by atoms with E-state index >= 15 is 0 Å². The molecular weight excluding hydrogens is 290 g/mol. The Morgan fingerprint density at radius 3 is 2.04 bits per heavy atom. The van der Waals surface area contributed by atoms with E-state index in [1.807, 2.05) is 0 Å². The maximum absolute atomic E-state index is 2.40. The summed E-state index contributed by atoms with van der Waals surface area (Å²) in [6.45, 7) is 4.55. The van der Waals surface area contributed by atoms with E-state index in [-0.39, 0.29) is 0 Å². The quantitative estimate of drug-likeness (QED) is 0.330. The lowest BCUT2D eigenvalue weighted by molar-refractivity contribution is -0.653. The lowest BCUT2D eigenvalue weighted by atomic mass is 10.0. The number of para-hydroxylation sites is 1. The SMILES string of the molecule is CCCCCCCCCCCCc1c(C)cc2ccccc2[n+]1C. The minimum absolute atomic E-state index is 1.21. The van der Waals surface area contributed by atoms with Gasteiger partial charge in [-0.3, -0.25) is 0 Å². The zero-order valence-electron chi connectivity index (χ0n) is 16.1. The van der Waals surface area contributed by atoms with E-state index in [0.29, 0.717) is 0 Å². The topological polar surface area (TPSA) is 3.88 Å². The normalized spacial score (nSPS) is 11.3. The number of hydrogen-bond donors (Lipinski definition) is 0. The van der Waals surface area contributed by atoms with E-state index in [2.05, 4.69) is 55.8 Å². The van der Waals surface area contributed by atoms with Crippen molar-refractivity contribution in [1.82, 2.24) is 0 Å². The predicted molar refractivity (Wildman–Crippen MR) is 105 cm³/mol. The van der Waals surface area contributed by atoms with Gasteiger partial charge in [0.2, 0.25) is 5.52 Å². The fraction of sp³-hybridized carbons (Fsp3) is 0.609. The Balaban J connectivity index is 1.70. The third-order valence-electron chi connectivity index (χ3n) is 5.30. The summed E-state index contributed by atoms with van der Waals surface area (Å²) in [6, 6.07) is 11.1. The van der Waals surface area contributed by atoms with Gasteiger partial charge in [-0.2, -0.15) is 4.57 Å². The van der Waals surface area contributed by atoms with Crippen LogP contribution in [0.1, 0.15) is 82.4 Å². The maximum atomic E-state index is 2.40. The molecule has 1 aromatic heterocycles. The third kappa shape index (κ3) is 5.61. The first kappa shape index (κ1) is 19.0. The molecule has 0 atom stereocenters. The number of aromatic nitrogens is 1. The molecule has 1 nitrogen and oxygen atoms in total. The number of hydrogen-bond acceptors (Lipinski definition) is 0. The standard InChI is InChI=1S/C23H36N/c1-4-5-6-7-8-9-10-11-12-13-17-22-20(2)19-21-16-14-15-18-23(21)24(22)3/h14-16,18-19H,4-13,17H2,1-3H3/q+1. The number of pyridine rings is 1. The van der Waals surface area contributed by atoms with Gasteiger partial charge in [0.05, 0.1) is 0 Å². The molecule has 1 heterocycles. The molecule has 0 unspecified atom stereocenters. The largest absolute Gasteiger partial charge is 0.212 e. The molecule has 0 saturated carbocycles. The van der Waals surface area contributed by atoms with Gasteiger partial charge in [0.1, 0.15) is 7.05 Å². The van der Waals surface area contributed by atoms with Gasteiger partial charge in [-0.15, -0.1) is 0 Å². The average Bonchev–Trinajstić information content (AvgIpc) is 2.59. The van der Waals surface area contributed by atoms with Crippen molar-refractivity contribution >= 4 is 10.9 Å². The van der Waals surface area contributed by atoms with Crippen LogP contribution in [0.15, 0.2) is 30.3 Å². The minimum Gasteiger partial charge on any atom is -0.198 e. The van der Waals surface area contributed by atoms with Crippen molar-refractivity contribution in [2.45, 2.75) is 84.5 Å². The molecule has 0 radical (unpaired) electrons. The van der Waals surface area contributed by atoms with Crippen molar-refractivity contribution in [2.75, 3.05) is 0 Å². The average molecular weight is 327 g/mol. The molecule has 24 heavy (non-hydrogen) atoms. The van der Waals surface area contributed by atoms with Crippen molar-refractivity contribution in [3.05, 3.63) is 41.6 Å². The van der Waals surface area contributed by atoms with E-state index < -0.39 is 0 Å². The first-order chi connectivity index (χ1) is 11.7. The number of fused-ring (bicyclic) bond motifs is 1. The fourth-order valence-electron chi connectivity index (χ4n) is 3.79. The molecule has 2 aromatic rings. The number of aryl methyl sites for hydroxylation is 2. The molecule has 0 aliphatic rings.